The van der Waals surface area contributed by atoms with E-state index in [0.717, 1.165) is 6.42 Å². The number of nitrogens with zero attached hydrogens (tertiary/aromatic N) is 2. The molecule has 4 nitrogen and oxygen atoms in total. The van der Waals surface area contributed by atoms with Crippen molar-refractivity contribution in [2.45, 2.75) is 32.4 Å². The van der Waals surface area contributed by atoms with Gasteiger partial charge in [0.1, 0.15) is 0 Å². The van der Waals surface area contributed by atoms with Crippen molar-refractivity contribution in [3.8, 4) is 0 Å². The lowest BCUT2D eigenvalue weighted by molar-refractivity contribution is -0.130. The Hall–Kier alpha value is -1.39. The Morgan fingerprint density at radius 1 is 1.20 bits per heavy atom. The van der Waals surface area contributed by atoms with Crippen LogP contribution in [0.15, 0.2) is 24.3 Å². The highest BCUT2D eigenvalue weighted by atomic mass is 16.2. The zero-order valence-corrected chi connectivity index (χ0v) is 13.3. The van der Waals surface area contributed by atoms with Gasteiger partial charge in [-0.1, -0.05) is 36.8 Å². The molecule has 0 fully saturated rings. The summed E-state index contributed by atoms with van der Waals surface area (Å²) in [5.41, 5.74) is 8.67. The third-order valence-electron chi connectivity index (χ3n) is 3.65. The van der Waals surface area contributed by atoms with E-state index < -0.39 is 0 Å². The number of amides is 1. The number of hydrogen-bond donors (Lipinski definition) is 1. The van der Waals surface area contributed by atoms with Gasteiger partial charge in [-0.15, -0.1) is 0 Å². The van der Waals surface area contributed by atoms with Crippen molar-refractivity contribution in [2.75, 3.05) is 27.7 Å². The van der Waals surface area contributed by atoms with Gasteiger partial charge in [-0.2, -0.15) is 0 Å². The van der Waals surface area contributed by atoms with Crippen molar-refractivity contribution in [3.63, 3.8) is 0 Å². The molecule has 1 rings (SSSR count). The van der Waals surface area contributed by atoms with E-state index in [1.807, 2.05) is 11.9 Å². The molecule has 0 heterocycles. The van der Waals surface area contributed by atoms with Crippen molar-refractivity contribution in [2.24, 2.45) is 5.73 Å². The third kappa shape index (κ3) is 4.32. The first kappa shape index (κ1) is 16.7. The molecule has 2 N–H and O–H groups in total. The minimum Gasteiger partial charge on any atom is -0.348 e. The first-order valence-corrected chi connectivity index (χ1v) is 7.09. The Balaban J connectivity index is 2.94. The standard InChI is InChI=1S/C16H27N3O/c1-6-14(17)16(13-9-7-12(2)8-10-13)19(5)11-15(20)18(3)4/h7-10,14,16H,6,11,17H2,1-5H3. The van der Waals surface area contributed by atoms with Gasteiger partial charge in [0, 0.05) is 20.1 Å². The van der Waals surface area contributed by atoms with Crippen molar-refractivity contribution in [3.05, 3.63) is 35.4 Å². The monoisotopic (exact) mass is 277 g/mol. The SMILES string of the molecule is CCC(N)C(c1ccc(C)cc1)N(C)CC(=O)N(C)C. The van der Waals surface area contributed by atoms with Crippen molar-refractivity contribution in [1.29, 1.82) is 0 Å². The average molecular weight is 277 g/mol. The maximum atomic E-state index is 11.9. The van der Waals surface area contributed by atoms with Gasteiger partial charge in [-0.25, -0.2) is 0 Å². The molecule has 0 saturated carbocycles. The van der Waals surface area contributed by atoms with Gasteiger partial charge in [0.25, 0.3) is 0 Å². The molecule has 4 heteroatoms. The number of benzene rings is 1. The van der Waals surface area contributed by atoms with E-state index in [0.29, 0.717) is 6.54 Å². The first-order chi connectivity index (χ1) is 9.36. The van der Waals surface area contributed by atoms with Crippen LogP contribution in [0.5, 0.6) is 0 Å². The van der Waals surface area contributed by atoms with Crippen LogP contribution in [-0.2, 0) is 4.79 Å². The van der Waals surface area contributed by atoms with Crippen molar-refractivity contribution in [1.82, 2.24) is 9.80 Å². The van der Waals surface area contributed by atoms with E-state index >= 15 is 0 Å². The van der Waals surface area contributed by atoms with Crippen molar-refractivity contribution < 1.29 is 4.79 Å². The second-order valence-corrected chi connectivity index (χ2v) is 5.63. The summed E-state index contributed by atoms with van der Waals surface area (Å²) in [7, 11) is 5.51. The molecule has 0 aromatic heterocycles. The van der Waals surface area contributed by atoms with Gasteiger partial charge in [0.05, 0.1) is 12.6 Å². The quantitative estimate of drug-likeness (QED) is 0.862. The fourth-order valence-corrected chi connectivity index (χ4v) is 2.27. The lowest BCUT2D eigenvalue weighted by Crippen LogP contribution is -2.43. The molecule has 2 unspecified atom stereocenters. The van der Waals surface area contributed by atoms with E-state index in [1.165, 1.54) is 11.1 Å². The molecule has 112 valence electrons. The molecule has 2 atom stereocenters. The Morgan fingerprint density at radius 2 is 1.75 bits per heavy atom. The zero-order chi connectivity index (χ0) is 15.3. The van der Waals surface area contributed by atoms with Crippen LogP contribution < -0.4 is 5.73 Å². The predicted octanol–water partition coefficient (Wildman–Crippen LogP) is 1.79. The minimum atomic E-state index is 0.0117. The molecule has 1 aromatic rings. The minimum absolute atomic E-state index is 0.0117. The van der Waals surface area contributed by atoms with Crippen LogP contribution in [0.1, 0.15) is 30.5 Å². The highest BCUT2D eigenvalue weighted by Gasteiger charge is 2.24. The summed E-state index contributed by atoms with van der Waals surface area (Å²) in [6.45, 7) is 4.52. The first-order valence-electron chi connectivity index (χ1n) is 7.09. The highest BCUT2D eigenvalue weighted by Crippen LogP contribution is 2.24. The largest absolute Gasteiger partial charge is 0.348 e. The number of rotatable bonds is 6. The molecule has 0 aliphatic carbocycles. The summed E-state index contributed by atoms with van der Waals surface area (Å²) < 4.78 is 0. The van der Waals surface area contributed by atoms with Crippen LogP contribution in [0.4, 0.5) is 0 Å². The van der Waals surface area contributed by atoms with Gasteiger partial charge in [-0.3, -0.25) is 9.69 Å². The van der Waals surface area contributed by atoms with E-state index in [9.17, 15) is 4.79 Å². The Labute approximate surface area is 122 Å². The lowest BCUT2D eigenvalue weighted by atomic mass is 9.96. The average Bonchev–Trinajstić information content (AvgIpc) is 2.40. The summed E-state index contributed by atoms with van der Waals surface area (Å²) in [6, 6.07) is 8.46. The summed E-state index contributed by atoms with van der Waals surface area (Å²) in [5, 5.41) is 0. The maximum absolute atomic E-state index is 11.9. The summed E-state index contributed by atoms with van der Waals surface area (Å²) >= 11 is 0. The number of likely N-dealkylation sites (N-methyl/N-ethyl adjacent to an activating group) is 2. The molecule has 0 radical (unpaired) electrons. The van der Waals surface area contributed by atoms with Crippen LogP contribution in [-0.4, -0.2) is 49.4 Å². The smallest absolute Gasteiger partial charge is 0.236 e. The Kier molecular flexibility index (Phi) is 6.17. The number of nitrogens with two attached hydrogens (primary N) is 1. The number of aryl methyl sites for hydroxylation is 1. The topological polar surface area (TPSA) is 49.6 Å². The second kappa shape index (κ2) is 7.41. The van der Waals surface area contributed by atoms with Gasteiger partial charge < -0.3 is 10.6 Å². The molecule has 20 heavy (non-hydrogen) atoms. The molecule has 1 amide bonds. The van der Waals surface area contributed by atoms with E-state index in [2.05, 4.69) is 38.1 Å². The number of carbonyl (C=O) groups excluding carboxylic acids is 1. The maximum Gasteiger partial charge on any atom is 0.236 e. The van der Waals surface area contributed by atoms with E-state index in [-0.39, 0.29) is 18.0 Å². The second-order valence-electron chi connectivity index (χ2n) is 5.63. The molecule has 0 aliphatic heterocycles. The number of hydrogen-bond acceptors (Lipinski definition) is 3. The normalized spacial score (nSPS) is 14.2. The summed E-state index contributed by atoms with van der Waals surface area (Å²) in [5.74, 6) is 0.0907. The van der Waals surface area contributed by atoms with Gasteiger partial charge in [-0.05, 0) is 26.0 Å². The van der Waals surface area contributed by atoms with Crippen LogP contribution in [0.2, 0.25) is 0 Å². The van der Waals surface area contributed by atoms with Crippen LogP contribution >= 0.6 is 0 Å². The van der Waals surface area contributed by atoms with Crippen LogP contribution in [0.25, 0.3) is 0 Å². The molecule has 1 aromatic carbocycles. The number of carbonyl (C=O) groups is 1. The van der Waals surface area contributed by atoms with Crippen molar-refractivity contribution >= 4 is 5.91 Å². The molecule has 0 aliphatic rings. The lowest BCUT2D eigenvalue weighted by Gasteiger charge is -2.33. The fourth-order valence-electron chi connectivity index (χ4n) is 2.27. The molecule has 0 saturated heterocycles. The zero-order valence-electron chi connectivity index (χ0n) is 13.3. The third-order valence-corrected chi connectivity index (χ3v) is 3.65. The van der Waals surface area contributed by atoms with Gasteiger partial charge in [0.2, 0.25) is 5.91 Å². The van der Waals surface area contributed by atoms with Crippen LogP contribution in [0.3, 0.4) is 0 Å². The Bertz CT molecular complexity index is 428. The molecule has 0 spiro atoms. The molecule has 0 bridgehead atoms. The Morgan fingerprint density at radius 3 is 2.20 bits per heavy atom. The summed E-state index contributed by atoms with van der Waals surface area (Å²) in [6.07, 6.45) is 0.874. The predicted molar refractivity (Wildman–Crippen MR) is 83.5 cm³/mol. The van der Waals surface area contributed by atoms with Crippen LogP contribution in [0, 0.1) is 6.92 Å². The van der Waals surface area contributed by atoms with E-state index in [1.54, 1.807) is 19.0 Å². The fraction of sp³-hybridized carbons (Fsp3) is 0.562. The van der Waals surface area contributed by atoms with E-state index in [4.69, 9.17) is 5.73 Å². The highest BCUT2D eigenvalue weighted by molar-refractivity contribution is 5.77. The molecular formula is C16H27N3O. The summed E-state index contributed by atoms with van der Waals surface area (Å²) in [4.78, 5) is 15.6. The van der Waals surface area contributed by atoms with Gasteiger partial charge in [0.15, 0.2) is 0 Å². The van der Waals surface area contributed by atoms with Gasteiger partial charge >= 0.3 is 0 Å². The molecular weight excluding hydrogens is 250 g/mol.